The Hall–Kier alpha value is -1.61. The number of hydrogen-bond donors (Lipinski definition) is 2. The van der Waals surface area contributed by atoms with E-state index >= 15 is 0 Å². The Morgan fingerprint density at radius 3 is 2.43 bits per heavy atom. The number of nitrogens with zero attached hydrogens (tertiary/aromatic N) is 2. The number of rotatable bonds is 7. The molecule has 2 N–H and O–H groups in total. The molecule has 1 atom stereocenters. The first-order valence-corrected chi connectivity index (χ1v) is 9.80. The highest BCUT2D eigenvalue weighted by Gasteiger charge is 2.12. The van der Waals surface area contributed by atoms with Crippen LogP contribution in [0, 0.1) is 0 Å². The molecule has 0 spiro atoms. The number of carbonyl (C=O) groups excluding carboxylic acids is 1. The van der Waals surface area contributed by atoms with Crippen molar-refractivity contribution in [3.63, 3.8) is 0 Å². The van der Waals surface area contributed by atoms with Crippen molar-refractivity contribution in [2.45, 2.75) is 25.9 Å². The van der Waals surface area contributed by atoms with E-state index in [2.05, 4.69) is 50.6 Å². The quantitative estimate of drug-likeness (QED) is 0.302. The second-order valence-electron chi connectivity index (χ2n) is 6.37. The number of hydrogen-bond acceptors (Lipinski definition) is 2. The van der Waals surface area contributed by atoms with Crippen molar-refractivity contribution < 1.29 is 4.79 Å². The van der Waals surface area contributed by atoms with E-state index in [-0.39, 0.29) is 35.9 Å². The van der Waals surface area contributed by atoms with Crippen molar-refractivity contribution in [2.24, 2.45) is 4.99 Å². The number of aliphatic imine (C=N–C) groups is 1. The van der Waals surface area contributed by atoms with Gasteiger partial charge in [0.15, 0.2) is 5.96 Å². The molecule has 0 heterocycles. The molecule has 0 saturated heterocycles. The van der Waals surface area contributed by atoms with Crippen LogP contribution in [0.2, 0.25) is 0 Å². The Bertz CT molecular complexity index is 770. The molecule has 0 bridgehead atoms. The smallest absolute Gasteiger partial charge is 0.224 e. The second-order valence-corrected chi connectivity index (χ2v) is 7.22. The molecular formula is C21H28BrIN4O. The van der Waals surface area contributed by atoms with Crippen molar-refractivity contribution in [1.29, 1.82) is 0 Å². The van der Waals surface area contributed by atoms with E-state index in [4.69, 9.17) is 0 Å². The second kappa shape index (κ2) is 12.8. The predicted molar refractivity (Wildman–Crippen MR) is 130 cm³/mol. The molecule has 28 heavy (non-hydrogen) atoms. The minimum atomic E-state index is 0. The van der Waals surface area contributed by atoms with Crippen molar-refractivity contribution >= 4 is 51.8 Å². The number of carbonyl (C=O) groups is 1. The summed E-state index contributed by atoms with van der Waals surface area (Å²) in [5.74, 6) is 0.775. The minimum absolute atomic E-state index is 0. The van der Waals surface area contributed by atoms with Crippen LogP contribution in [0.25, 0.3) is 0 Å². The van der Waals surface area contributed by atoms with E-state index in [1.807, 2.05) is 49.5 Å². The summed E-state index contributed by atoms with van der Waals surface area (Å²) in [7, 11) is 3.56. The molecule has 0 fully saturated rings. The first-order chi connectivity index (χ1) is 13.0. The van der Waals surface area contributed by atoms with Crippen LogP contribution >= 0.6 is 39.9 Å². The lowest BCUT2D eigenvalue weighted by molar-refractivity contribution is -0.130. The first-order valence-electron chi connectivity index (χ1n) is 9.00. The fourth-order valence-electron chi connectivity index (χ4n) is 2.67. The van der Waals surface area contributed by atoms with Gasteiger partial charge in [0.1, 0.15) is 0 Å². The Kier molecular flexibility index (Phi) is 11.1. The van der Waals surface area contributed by atoms with E-state index in [0.29, 0.717) is 25.5 Å². The maximum atomic E-state index is 12.4. The summed E-state index contributed by atoms with van der Waals surface area (Å²) >= 11 is 3.52. The Labute approximate surface area is 193 Å². The lowest BCUT2D eigenvalue weighted by Crippen LogP contribution is -2.40. The fraction of sp³-hybridized carbons (Fsp3) is 0.333. The molecule has 2 aromatic rings. The number of amides is 1. The summed E-state index contributed by atoms with van der Waals surface area (Å²) in [6.07, 6.45) is 0.404. The monoisotopic (exact) mass is 558 g/mol. The van der Waals surface area contributed by atoms with Crippen LogP contribution < -0.4 is 10.6 Å². The van der Waals surface area contributed by atoms with Crippen LogP contribution in [0.5, 0.6) is 0 Å². The van der Waals surface area contributed by atoms with Gasteiger partial charge in [-0.3, -0.25) is 9.79 Å². The average molecular weight is 559 g/mol. The van der Waals surface area contributed by atoms with Crippen LogP contribution in [0.4, 0.5) is 0 Å². The molecule has 152 valence electrons. The molecule has 5 nitrogen and oxygen atoms in total. The van der Waals surface area contributed by atoms with Gasteiger partial charge in [-0.15, -0.1) is 24.0 Å². The molecule has 0 saturated carbocycles. The highest BCUT2D eigenvalue weighted by Crippen LogP contribution is 2.17. The van der Waals surface area contributed by atoms with E-state index in [1.54, 1.807) is 11.9 Å². The van der Waals surface area contributed by atoms with Gasteiger partial charge in [-0.25, -0.2) is 0 Å². The summed E-state index contributed by atoms with van der Waals surface area (Å²) in [6, 6.07) is 18.3. The first kappa shape index (κ1) is 24.4. The number of nitrogens with one attached hydrogen (secondary N) is 2. The molecule has 1 amide bonds. The number of halogens is 2. The molecule has 0 radical (unpaired) electrons. The number of benzene rings is 2. The lowest BCUT2D eigenvalue weighted by atomic mass is 10.1. The van der Waals surface area contributed by atoms with Crippen LogP contribution in [-0.2, 0) is 11.3 Å². The van der Waals surface area contributed by atoms with Gasteiger partial charge in [-0.05, 0) is 24.1 Å². The van der Waals surface area contributed by atoms with Gasteiger partial charge < -0.3 is 15.5 Å². The largest absolute Gasteiger partial charge is 0.356 e. The third-order valence-corrected chi connectivity index (χ3v) is 5.07. The van der Waals surface area contributed by atoms with E-state index in [9.17, 15) is 4.79 Å². The van der Waals surface area contributed by atoms with Crippen LogP contribution in [0.15, 0.2) is 64.1 Å². The lowest BCUT2D eigenvalue weighted by Gasteiger charge is -2.20. The normalized spacial score (nSPS) is 11.9. The van der Waals surface area contributed by atoms with Gasteiger partial charge in [-0.1, -0.05) is 64.5 Å². The zero-order chi connectivity index (χ0) is 19.6. The predicted octanol–water partition coefficient (Wildman–Crippen LogP) is 4.34. The zero-order valence-corrected chi connectivity index (χ0v) is 20.4. The molecule has 2 rings (SSSR count). The molecule has 7 heteroatoms. The van der Waals surface area contributed by atoms with Gasteiger partial charge in [0, 0.05) is 38.1 Å². The van der Waals surface area contributed by atoms with Crippen molar-refractivity contribution in [1.82, 2.24) is 15.5 Å². The van der Waals surface area contributed by atoms with Crippen LogP contribution in [0.3, 0.4) is 0 Å². The Balaban J connectivity index is 0.00000392. The van der Waals surface area contributed by atoms with Crippen LogP contribution in [-0.4, -0.2) is 37.4 Å². The Morgan fingerprint density at radius 1 is 1.14 bits per heavy atom. The van der Waals surface area contributed by atoms with Gasteiger partial charge in [-0.2, -0.15) is 0 Å². The van der Waals surface area contributed by atoms with E-state index in [1.165, 1.54) is 5.56 Å². The van der Waals surface area contributed by atoms with Gasteiger partial charge in [0.05, 0.1) is 6.04 Å². The maximum Gasteiger partial charge on any atom is 0.224 e. The molecular weight excluding hydrogens is 531 g/mol. The van der Waals surface area contributed by atoms with E-state index < -0.39 is 0 Å². The highest BCUT2D eigenvalue weighted by molar-refractivity contribution is 14.0. The summed E-state index contributed by atoms with van der Waals surface area (Å²) < 4.78 is 1.02. The third kappa shape index (κ3) is 7.79. The van der Waals surface area contributed by atoms with Gasteiger partial charge >= 0.3 is 0 Å². The summed E-state index contributed by atoms with van der Waals surface area (Å²) in [5.41, 5.74) is 2.28. The zero-order valence-electron chi connectivity index (χ0n) is 16.5. The number of guanidine groups is 1. The summed E-state index contributed by atoms with van der Waals surface area (Å²) in [4.78, 5) is 18.4. The van der Waals surface area contributed by atoms with Crippen molar-refractivity contribution in [3.8, 4) is 0 Å². The topological polar surface area (TPSA) is 56.7 Å². The standard InChI is InChI=1S/C21H27BrN4O.HI/c1-16(17-9-5-4-6-10-17)25-21(23-2)24-14-13-20(27)26(3)15-18-11-7-8-12-19(18)22;/h4-12,16H,13-15H2,1-3H3,(H2,23,24,25);1H. The fourth-order valence-corrected chi connectivity index (χ4v) is 3.08. The van der Waals surface area contributed by atoms with Crippen molar-refractivity contribution in [2.75, 3.05) is 20.6 Å². The molecule has 0 aliphatic rings. The van der Waals surface area contributed by atoms with Crippen LogP contribution in [0.1, 0.15) is 30.5 Å². The molecule has 1 unspecified atom stereocenters. The SMILES string of the molecule is CN=C(NCCC(=O)N(C)Cc1ccccc1Br)NC(C)c1ccccc1.I. The molecule has 0 aliphatic heterocycles. The molecule has 0 aliphatic carbocycles. The third-order valence-electron chi connectivity index (χ3n) is 4.30. The summed E-state index contributed by atoms with van der Waals surface area (Å²) in [6.45, 7) is 3.19. The summed E-state index contributed by atoms with van der Waals surface area (Å²) in [5, 5.41) is 6.55. The molecule has 2 aromatic carbocycles. The minimum Gasteiger partial charge on any atom is -0.356 e. The van der Waals surface area contributed by atoms with Crippen molar-refractivity contribution in [3.05, 3.63) is 70.2 Å². The van der Waals surface area contributed by atoms with Gasteiger partial charge in [0.25, 0.3) is 0 Å². The van der Waals surface area contributed by atoms with E-state index in [0.717, 1.165) is 10.0 Å². The highest BCUT2D eigenvalue weighted by atomic mass is 127. The molecule has 0 aromatic heterocycles. The maximum absolute atomic E-state index is 12.4. The Morgan fingerprint density at radius 2 is 1.79 bits per heavy atom. The van der Waals surface area contributed by atoms with Gasteiger partial charge in [0.2, 0.25) is 5.91 Å². The average Bonchev–Trinajstić information content (AvgIpc) is 2.69.